The van der Waals surface area contributed by atoms with Crippen LogP contribution in [0.2, 0.25) is 0 Å². The first kappa shape index (κ1) is 15.6. The van der Waals surface area contributed by atoms with E-state index in [-0.39, 0.29) is 18.1 Å². The molecule has 1 heterocycles. The summed E-state index contributed by atoms with van der Waals surface area (Å²) in [6, 6.07) is 0. The fourth-order valence-electron chi connectivity index (χ4n) is 2.12. The Balaban J connectivity index is 2.29. The van der Waals surface area contributed by atoms with Gasteiger partial charge in [-0.1, -0.05) is 22.9 Å². The van der Waals surface area contributed by atoms with Gasteiger partial charge in [0.1, 0.15) is 13.9 Å². The summed E-state index contributed by atoms with van der Waals surface area (Å²) in [5.74, 6) is 0.0449. The molecule has 0 aliphatic carbocycles. The molecule has 0 aromatic heterocycles. The Hall–Kier alpha value is 0.695. The first-order valence-electron chi connectivity index (χ1n) is 7.79. The summed E-state index contributed by atoms with van der Waals surface area (Å²) in [6.07, 6.45) is -1.24. The van der Waals surface area contributed by atoms with Crippen molar-refractivity contribution < 1.29 is 23.5 Å². The number of alkyl halides is 1. The fourth-order valence-corrected chi connectivity index (χ4v) is 3.19. The molecule has 0 bridgehead atoms. The van der Waals surface area contributed by atoms with E-state index in [9.17, 15) is 5.11 Å². The molecule has 0 aromatic carbocycles. The third-order valence-electron chi connectivity index (χ3n) is 3.25. The van der Waals surface area contributed by atoms with Crippen LogP contribution in [0.15, 0.2) is 0 Å². The molecule has 1 aliphatic rings. The molecule has 1 rings (SSSR count). The molecule has 0 saturated carbocycles. The fraction of sp³-hybridized carbons (Fsp3) is 1.00. The molecular weight excluding hydrogens is 347 g/mol. The number of methoxy groups -OCH3 is 1. The van der Waals surface area contributed by atoms with Gasteiger partial charge >= 0.3 is 0 Å². The van der Waals surface area contributed by atoms with Gasteiger partial charge in [-0.2, -0.15) is 0 Å². The van der Waals surface area contributed by atoms with Crippen LogP contribution in [0, 0.1) is 5.92 Å². The Morgan fingerprint density at radius 1 is 1.60 bits per heavy atom. The average molecular weight is 374 g/mol. The van der Waals surface area contributed by atoms with Gasteiger partial charge in [0.25, 0.3) is 0 Å². The molecule has 8 heteroatoms. The number of ether oxygens (including phenoxy) is 3. The van der Waals surface area contributed by atoms with Crippen molar-refractivity contribution in [1.29, 1.82) is 2.67 Å². The summed E-state index contributed by atoms with van der Waals surface area (Å²) in [6.45, 7) is 2.94. The van der Waals surface area contributed by atoms with Crippen molar-refractivity contribution in [2.45, 2.75) is 37.9 Å². The summed E-state index contributed by atoms with van der Waals surface area (Å²) in [5, 5.41) is 10.9. The minimum absolute atomic E-state index is 0.0449. The van der Waals surface area contributed by atoms with Gasteiger partial charge in [-0.15, -0.1) is 0 Å². The first-order valence-corrected chi connectivity index (χ1v) is 8.67. The van der Waals surface area contributed by atoms with E-state index in [1.54, 1.807) is 0 Å². The van der Waals surface area contributed by atoms with Crippen LogP contribution in [0.1, 0.15) is 13.3 Å². The van der Waals surface area contributed by atoms with Crippen LogP contribution in [0.4, 0.5) is 0 Å². The Bertz CT molecular complexity index is 293. The van der Waals surface area contributed by atoms with E-state index < -0.39 is 20.2 Å². The van der Waals surface area contributed by atoms with Gasteiger partial charge in [-0.3, -0.25) is 0 Å². The number of aliphatic hydroxyl groups excluding tert-OH is 1. The lowest BCUT2D eigenvalue weighted by atomic mass is 9.91. The lowest BCUT2D eigenvalue weighted by Crippen LogP contribution is -2.55. The maximum atomic E-state index is 10.2. The highest BCUT2D eigenvalue weighted by Crippen LogP contribution is 2.29. The molecule has 1 N–H and O–H groups in total. The van der Waals surface area contributed by atoms with E-state index >= 15 is 0 Å². The Kier molecular flexibility index (Phi) is 8.12. The number of hydrogen-bond donors (Lipinski definition) is 1. The number of aliphatic hydroxyl groups is 1. The molecule has 1 saturated heterocycles. The summed E-state index contributed by atoms with van der Waals surface area (Å²) in [5.41, 5.74) is 0.332. The van der Waals surface area contributed by atoms with Crippen molar-refractivity contribution in [3.63, 3.8) is 0 Å². The predicted molar refractivity (Wildman–Crippen MR) is 85.9 cm³/mol. The van der Waals surface area contributed by atoms with Crippen LogP contribution in [0.25, 0.3) is 0 Å². The highest BCUT2D eigenvalue weighted by Gasteiger charge is 2.43. The van der Waals surface area contributed by atoms with E-state index in [2.05, 4.69) is 15.9 Å². The van der Waals surface area contributed by atoms with E-state index in [0.29, 0.717) is 30.6 Å². The third kappa shape index (κ3) is 5.48. The predicted octanol–water partition coefficient (Wildman–Crippen LogP) is 0.780. The number of hydrogen-bond acceptors (Lipinski definition) is 6. The van der Waals surface area contributed by atoms with E-state index in [1.807, 2.05) is 6.92 Å². The molecule has 5 atom stereocenters. The molecule has 0 amide bonds. The molecule has 0 unspecified atom stereocenters. The second kappa shape index (κ2) is 10.4. The smallest absolute Gasteiger partial charge is 0.186 e. The van der Waals surface area contributed by atoms with Crippen molar-refractivity contribution in [1.82, 2.24) is 0 Å². The van der Waals surface area contributed by atoms with Crippen molar-refractivity contribution in [3.05, 3.63) is 0 Å². The van der Waals surface area contributed by atoms with E-state index in [4.69, 9.17) is 21.1 Å². The van der Waals surface area contributed by atoms with E-state index in [1.165, 1.54) is 7.11 Å². The maximum Gasteiger partial charge on any atom is 0.186 e. The highest BCUT2D eigenvalue weighted by atomic mass is 79.9. The largest absolute Gasteiger partial charge is 0.385 e. The second-order valence-corrected chi connectivity index (χ2v) is 6.03. The second-order valence-electron chi connectivity index (χ2n) is 4.58. The normalized spacial score (nSPS) is 35.5. The van der Waals surface area contributed by atoms with Crippen LogP contribution in [-0.4, -0.2) is 71.5 Å². The zero-order valence-corrected chi connectivity index (χ0v) is 14.3. The zero-order chi connectivity index (χ0) is 16.5. The lowest BCUT2D eigenvalue weighted by Gasteiger charge is -2.42. The third-order valence-corrected chi connectivity index (χ3v) is 4.35. The van der Waals surface area contributed by atoms with Gasteiger partial charge in [-0.05, 0) is 26.8 Å². The molecule has 0 spiro atoms. The summed E-state index contributed by atoms with van der Waals surface area (Å²) < 4.78 is 35.9. The first-order chi connectivity index (χ1) is 10.5. The quantitative estimate of drug-likeness (QED) is 0.264. The molecule has 20 heavy (non-hydrogen) atoms. The van der Waals surface area contributed by atoms with Crippen LogP contribution < -0.4 is 0 Å². The van der Waals surface area contributed by atoms with E-state index in [0.717, 1.165) is 12.0 Å². The van der Waals surface area contributed by atoms with Crippen LogP contribution in [0.3, 0.4) is 0 Å². The Morgan fingerprint density at radius 2 is 2.40 bits per heavy atom. The van der Waals surface area contributed by atoms with Crippen LogP contribution in [0.5, 0.6) is 0 Å². The maximum absolute atomic E-state index is 10.2. The molecule has 1 aliphatic heterocycles. The molecule has 0 radical (unpaired) electrons. The Labute approximate surface area is 137 Å². The van der Waals surface area contributed by atoms with Crippen molar-refractivity contribution in [3.8, 4) is 0 Å². The SMILES string of the molecule is [2H]B([3H])CSOCCCO[C@@H]1[C@H](C)[C@@H](CBr)O[C@H](OC)[C@H]1O. The van der Waals surface area contributed by atoms with Gasteiger partial charge in [0.2, 0.25) is 0 Å². The standard InChI is InChI=1S/C12H24BBrO5S/c1-8-9(6-14)19-12(16-2)10(15)11(8)17-4-3-5-18-20-7-13/h8-12,15H,3-7,13H2,1-2H3/t8-,9-,10+,11-,12+/m1/s1/i13TD. The molecule has 1 fully saturated rings. The number of halogens is 1. The molecule has 118 valence electrons. The minimum Gasteiger partial charge on any atom is -0.385 e. The highest BCUT2D eigenvalue weighted by molar-refractivity contribution is 9.09. The molecule has 5 nitrogen and oxygen atoms in total. The van der Waals surface area contributed by atoms with Crippen molar-refractivity contribution in [2.24, 2.45) is 5.92 Å². The number of rotatable bonds is 10. The summed E-state index contributed by atoms with van der Waals surface area (Å²) in [7, 11) is 0.634. The average Bonchev–Trinajstić information content (AvgIpc) is 2.49. The lowest BCUT2D eigenvalue weighted by molar-refractivity contribution is -0.278. The van der Waals surface area contributed by atoms with Gasteiger partial charge < -0.3 is 23.5 Å². The van der Waals surface area contributed by atoms with Crippen molar-refractivity contribution >= 4 is 35.7 Å². The Morgan fingerprint density at radius 3 is 3.05 bits per heavy atom. The monoisotopic (exact) mass is 373 g/mol. The van der Waals surface area contributed by atoms with Crippen LogP contribution >= 0.6 is 28.0 Å². The van der Waals surface area contributed by atoms with Gasteiger partial charge in [-0.25, -0.2) is 0 Å². The van der Waals surface area contributed by atoms with Gasteiger partial charge in [0.05, 0.1) is 18.8 Å². The zero-order valence-electron chi connectivity index (χ0n) is 13.9. The molecular formula is C12H24BBrO5S. The van der Waals surface area contributed by atoms with Gasteiger partial charge in [0, 0.05) is 25.0 Å². The van der Waals surface area contributed by atoms with Crippen LogP contribution in [-0.2, 0) is 18.4 Å². The molecule has 0 aromatic rings. The summed E-state index contributed by atoms with van der Waals surface area (Å²) in [4.78, 5) is 0. The minimum atomic E-state index is -0.869. The van der Waals surface area contributed by atoms with Gasteiger partial charge in [0.15, 0.2) is 6.29 Å². The summed E-state index contributed by atoms with van der Waals surface area (Å²) >= 11 is 4.54. The van der Waals surface area contributed by atoms with Crippen molar-refractivity contribution in [2.75, 3.05) is 31.3 Å². The topological polar surface area (TPSA) is 57.2 Å².